The number of aliphatic hydroxyl groups excluding tert-OH is 1. The van der Waals surface area contributed by atoms with Gasteiger partial charge in [-0.05, 0) is 38.9 Å². The summed E-state index contributed by atoms with van der Waals surface area (Å²) in [7, 11) is 0. The van der Waals surface area contributed by atoms with Gasteiger partial charge in [-0.1, -0.05) is 5.16 Å². The predicted molar refractivity (Wildman–Crippen MR) is 85.0 cm³/mol. The lowest BCUT2D eigenvalue weighted by Crippen LogP contribution is -2.62. The molecular weight excluding hydrogens is 310 g/mol. The Morgan fingerprint density at radius 3 is 2.92 bits per heavy atom. The van der Waals surface area contributed by atoms with E-state index < -0.39 is 0 Å². The van der Waals surface area contributed by atoms with Crippen molar-refractivity contribution >= 4 is 0 Å². The second-order valence-electron chi connectivity index (χ2n) is 6.73. The Bertz CT molecular complexity index is 659. The number of aliphatic hydroxyl groups is 1. The quantitative estimate of drug-likeness (QED) is 0.896. The second kappa shape index (κ2) is 6.31. The molecule has 0 radical (unpaired) electrons. The second-order valence-corrected chi connectivity index (χ2v) is 6.73. The predicted octanol–water partition coefficient (Wildman–Crippen LogP) is 2.08. The molecular formula is C17H23N3O4. The third-order valence-corrected chi connectivity index (χ3v) is 5.50. The Labute approximate surface area is 140 Å². The van der Waals surface area contributed by atoms with Crippen LogP contribution in [-0.2, 0) is 11.3 Å². The van der Waals surface area contributed by atoms with E-state index in [1.165, 1.54) is 0 Å². The van der Waals surface area contributed by atoms with Crippen molar-refractivity contribution in [1.29, 1.82) is 0 Å². The number of furan rings is 1. The van der Waals surface area contributed by atoms with E-state index in [1.54, 1.807) is 18.6 Å². The molecule has 1 spiro atoms. The molecule has 2 aliphatic rings. The van der Waals surface area contributed by atoms with Crippen molar-refractivity contribution < 1.29 is 18.8 Å². The Hall–Kier alpha value is -1.70. The van der Waals surface area contributed by atoms with Crippen LogP contribution in [0.25, 0.3) is 11.5 Å². The summed E-state index contributed by atoms with van der Waals surface area (Å²) in [5.74, 6) is 1.16. The van der Waals surface area contributed by atoms with E-state index in [-0.39, 0.29) is 17.6 Å². The van der Waals surface area contributed by atoms with Crippen molar-refractivity contribution in [3.05, 3.63) is 24.4 Å². The summed E-state index contributed by atoms with van der Waals surface area (Å²) in [6.07, 6.45) is 5.82. The number of rotatable bonds is 5. The van der Waals surface area contributed by atoms with E-state index >= 15 is 0 Å². The molecule has 2 unspecified atom stereocenters. The highest BCUT2D eigenvalue weighted by Crippen LogP contribution is 2.51. The van der Waals surface area contributed by atoms with Gasteiger partial charge in [0.2, 0.25) is 0 Å². The number of nitrogens with zero attached hydrogens (tertiary/aromatic N) is 3. The molecule has 1 N–H and O–H groups in total. The maximum atomic E-state index is 10.3. The molecule has 0 amide bonds. The molecule has 4 rings (SSSR count). The molecule has 1 aliphatic carbocycles. The fourth-order valence-electron chi connectivity index (χ4n) is 3.97. The summed E-state index contributed by atoms with van der Waals surface area (Å²) in [5.41, 5.74) is 0.745. The van der Waals surface area contributed by atoms with Crippen molar-refractivity contribution in [2.75, 3.05) is 19.7 Å². The summed E-state index contributed by atoms with van der Waals surface area (Å²) in [5, 5.41) is 14.3. The van der Waals surface area contributed by atoms with Gasteiger partial charge in [0.1, 0.15) is 6.26 Å². The van der Waals surface area contributed by atoms with Crippen LogP contribution < -0.4 is 0 Å². The van der Waals surface area contributed by atoms with E-state index in [0.29, 0.717) is 24.9 Å². The highest BCUT2D eigenvalue weighted by Gasteiger charge is 2.55. The minimum Gasteiger partial charge on any atom is -0.472 e. The van der Waals surface area contributed by atoms with Gasteiger partial charge in [0, 0.05) is 18.4 Å². The lowest BCUT2D eigenvalue weighted by Gasteiger charge is -2.56. The molecule has 0 aromatic carbocycles. The lowest BCUT2D eigenvalue weighted by atomic mass is 9.58. The van der Waals surface area contributed by atoms with Gasteiger partial charge in [-0.25, -0.2) is 0 Å². The summed E-state index contributed by atoms with van der Waals surface area (Å²) < 4.78 is 16.1. The van der Waals surface area contributed by atoms with Gasteiger partial charge in [0.25, 0.3) is 5.89 Å². The first-order valence-electron chi connectivity index (χ1n) is 8.58. The molecule has 0 bridgehead atoms. The maximum Gasteiger partial charge on any atom is 0.261 e. The molecule has 130 valence electrons. The van der Waals surface area contributed by atoms with Crippen molar-refractivity contribution in [3.8, 4) is 11.5 Å². The molecule has 2 aromatic heterocycles. The van der Waals surface area contributed by atoms with Crippen LogP contribution in [0.15, 0.2) is 27.5 Å². The first kappa shape index (κ1) is 15.8. The van der Waals surface area contributed by atoms with E-state index in [0.717, 1.165) is 37.9 Å². The third kappa shape index (κ3) is 2.66. The first-order valence-corrected chi connectivity index (χ1v) is 8.58. The normalized spacial score (nSPS) is 26.6. The average Bonchev–Trinajstić information content (AvgIpc) is 3.27. The van der Waals surface area contributed by atoms with Crippen molar-refractivity contribution in [2.24, 2.45) is 5.41 Å². The number of hydrogen-bond donors (Lipinski definition) is 1. The molecule has 3 heterocycles. The van der Waals surface area contributed by atoms with Gasteiger partial charge in [0.05, 0.1) is 30.6 Å². The molecule has 1 saturated carbocycles. The van der Waals surface area contributed by atoms with Gasteiger partial charge in [-0.2, -0.15) is 4.98 Å². The van der Waals surface area contributed by atoms with Crippen LogP contribution in [0.1, 0.15) is 32.0 Å². The molecule has 7 nitrogen and oxygen atoms in total. The van der Waals surface area contributed by atoms with Crippen molar-refractivity contribution in [3.63, 3.8) is 0 Å². The number of ether oxygens (including phenoxy) is 1. The van der Waals surface area contributed by atoms with E-state index in [9.17, 15) is 5.11 Å². The van der Waals surface area contributed by atoms with Crippen molar-refractivity contribution in [1.82, 2.24) is 15.0 Å². The highest BCUT2D eigenvalue weighted by atomic mass is 16.5. The molecule has 2 fully saturated rings. The topological polar surface area (TPSA) is 84.8 Å². The molecule has 24 heavy (non-hydrogen) atoms. The van der Waals surface area contributed by atoms with Gasteiger partial charge >= 0.3 is 0 Å². The third-order valence-electron chi connectivity index (χ3n) is 5.50. The van der Waals surface area contributed by atoms with Crippen LogP contribution in [0.3, 0.4) is 0 Å². The van der Waals surface area contributed by atoms with E-state index in [1.807, 2.05) is 6.92 Å². The van der Waals surface area contributed by atoms with E-state index in [2.05, 4.69) is 15.0 Å². The zero-order chi connectivity index (χ0) is 16.6. The van der Waals surface area contributed by atoms with Crippen LogP contribution in [0.4, 0.5) is 0 Å². The smallest absolute Gasteiger partial charge is 0.261 e. The SMILES string of the molecule is CCOC1CC(O)C12CCN(Cc1noc(-c3ccoc3)n1)CC2. The maximum absolute atomic E-state index is 10.3. The minimum atomic E-state index is -0.228. The van der Waals surface area contributed by atoms with Crippen LogP contribution in [0.2, 0.25) is 0 Å². The monoisotopic (exact) mass is 333 g/mol. The number of piperidine rings is 1. The summed E-state index contributed by atoms with van der Waals surface area (Å²) >= 11 is 0. The highest BCUT2D eigenvalue weighted by molar-refractivity contribution is 5.49. The van der Waals surface area contributed by atoms with Crippen LogP contribution in [0, 0.1) is 5.41 Å². The van der Waals surface area contributed by atoms with Crippen LogP contribution in [0.5, 0.6) is 0 Å². The number of hydrogen-bond acceptors (Lipinski definition) is 7. The lowest BCUT2D eigenvalue weighted by molar-refractivity contribution is -0.210. The Kier molecular flexibility index (Phi) is 4.15. The Morgan fingerprint density at radius 2 is 2.25 bits per heavy atom. The zero-order valence-corrected chi connectivity index (χ0v) is 13.9. The standard InChI is InChI=1S/C17H23N3O4/c1-2-23-14-9-13(21)17(14)4-6-20(7-5-17)10-15-18-16(24-19-15)12-3-8-22-11-12/h3,8,11,13-14,21H,2,4-7,9-10H2,1H3. The zero-order valence-electron chi connectivity index (χ0n) is 13.9. The van der Waals surface area contributed by atoms with Crippen LogP contribution in [-0.4, -0.2) is 52.1 Å². The summed E-state index contributed by atoms with van der Waals surface area (Å²) in [6, 6.07) is 1.80. The number of likely N-dealkylation sites (tertiary alicyclic amines) is 1. The fourth-order valence-corrected chi connectivity index (χ4v) is 3.97. The Morgan fingerprint density at radius 1 is 1.42 bits per heavy atom. The molecule has 2 aromatic rings. The minimum absolute atomic E-state index is 0.0499. The number of aromatic nitrogens is 2. The van der Waals surface area contributed by atoms with Gasteiger partial charge < -0.3 is 18.8 Å². The fraction of sp³-hybridized carbons (Fsp3) is 0.647. The van der Waals surface area contributed by atoms with Gasteiger partial charge in [0.15, 0.2) is 5.82 Å². The largest absolute Gasteiger partial charge is 0.472 e. The van der Waals surface area contributed by atoms with Gasteiger partial charge in [-0.3, -0.25) is 4.90 Å². The Balaban J connectivity index is 1.35. The van der Waals surface area contributed by atoms with Crippen LogP contribution >= 0.6 is 0 Å². The molecule has 2 atom stereocenters. The average molecular weight is 333 g/mol. The first-order chi connectivity index (χ1) is 11.7. The molecule has 1 aliphatic heterocycles. The van der Waals surface area contributed by atoms with Gasteiger partial charge in [-0.15, -0.1) is 0 Å². The summed E-state index contributed by atoms with van der Waals surface area (Å²) in [6.45, 7) is 5.21. The molecule has 1 saturated heterocycles. The summed E-state index contributed by atoms with van der Waals surface area (Å²) in [4.78, 5) is 6.73. The van der Waals surface area contributed by atoms with E-state index in [4.69, 9.17) is 13.7 Å². The molecule has 7 heteroatoms. The van der Waals surface area contributed by atoms with Crippen molar-refractivity contribution in [2.45, 2.75) is 44.9 Å².